The Bertz CT molecular complexity index is 469. The summed E-state index contributed by atoms with van der Waals surface area (Å²) in [5, 5.41) is 11.0. The Balaban J connectivity index is 2.36. The molecular weight excluding hydrogens is 252 g/mol. The van der Waals surface area contributed by atoms with E-state index in [0.717, 1.165) is 12.6 Å². The van der Waals surface area contributed by atoms with Gasteiger partial charge in [-0.05, 0) is 13.3 Å². The molecule has 1 aliphatic rings. The second kappa shape index (κ2) is 5.76. The monoisotopic (exact) mass is 268 g/mol. The van der Waals surface area contributed by atoms with E-state index in [1.807, 2.05) is 11.8 Å². The van der Waals surface area contributed by atoms with Crippen molar-refractivity contribution in [2.75, 3.05) is 30.0 Å². The number of nitrogens with two attached hydrogens (primary N) is 1. The molecule has 1 unspecified atom stereocenters. The van der Waals surface area contributed by atoms with Crippen molar-refractivity contribution in [3.8, 4) is 0 Å². The van der Waals surface area contributed by atoms with Crippen molar-refractivity contribution in [3.05, 3.63) is 16.3 Å². The number of hydrogen-bond acceptors (Lipinski definition) is 8. The van der Waals surface area contributed by atoms with Crippen molar-refractivity contribution in [2.45, 2.75) is 19.4 Å². The molecule has 1 fully saturated rings. The lowest BCUT2D eigenvalue weighted by atomic mass is 10.3. The van der Waals surface area contributed by atoms with E-state index in [2.05, 4.69) is 15.4 Å². The molecule has 1 atom stereocenters. The number of rotatable bonds is 3. The average molecular weight is 268 g/mol. The average Bonchev–Trinajstić information content (AvgIpc) is 2.62. The third-order valence-electron chi connectivity index (χ3n) is 2.83. The molecule has 9 heteroatoms. The summed E-state index contributed by atoms with van der Waals surface area (Å²) in [6, 6.07) is 0. The highest BCUT2D eigenvalue weighted by Gasteiger charge is 2.25. The van der Waals surface area contributed by atoms with Crippen LogP contribution in [-0.2, 0) is 4.74 Å². The van der Waals surface area contributed by atoms with E-state index in [0.29, 0.717) is 19.7 Å². The van der Waals surface area contributed by atoms with Crippen molar-refractivity contribution in [1.29, 1.82) is 0 Å². The summed E-state index contributed by atoms with van der Waals surface area (Å²) in [4.78, 5) is 20.2. The molecular formula is C10H16N6O3. The Morgan fingerprint density at radius 2 is 2.47 bits per heavy atom. The van der Waals surface area contributed by atoms with Crippen LogP contribution in [0.2, 0.25) is 0 Å². The van der Waals surface area contributed by atoms with Crippen LogP contribution in [0.4, 0.5) is 17.5 Å². The smallest absolute Gasteiger partial charge is 0.329 e. The third-order valence-corrected chi connectivity index (χ3v) is 2.83. The number of anilines is 2. The molecule has 104 valence electrons. The zero-order valence-electron chi connectivity index (χ0n) is 10.6. The predicted molar refractivity (Wildman–Crippen MR) is 68.7 cm³/mol. The Labute approximate surface area is 109 Å². The van der Waals surface area contributed by atoms with Gasteiger partial charge >= 0.3 is 5.69 Å². The van der Waals surface area contributed by atoms with Crippen LogP contribution < -0.4 is 16.2 Å². The van der Waals surface area contributed by atoms with Crippen molar-refractivity contribution in [3.63, 3.8) is 0 Å². The summed E-state index contributed by atoms with van der Waals surface area (Å²) in [6.07, 6.45) is 1.94. The molecule has 0 spiro atoms. The zero-order chi connectivity index (χ0) is 13.8. The minimum atomic E-state index is -0.494. The maximum Gasteiger partial charge on any atom is 0.329 e. The largest absolute Gasteiger partial charge is 0.377 e. The number of hydrogen-bond donors (Lipinski definition) is 2. The standard InChI is InChI=1S/C10H16N6O3/c1-7-6-15(3-2-4-19-7)9-8(16(17)18)5-12-10(13-9)14-11/h5,7H,2-4,6,11H2,1H3,(H,12,13,14). The van der Waals surface area contributed by atoms with Crippen LogP contribution in [0.3, 0.4) is 0 Å². The SMILES string of the molecule is CC1CN(c2nc(NN)ncc2[N+](=O)[O-])CCCO1. The summed E-state index contributed by atoms with van der Waals surface area (Å²) in [5.74, 6) is 5.66. The van der Waals surface area contributed by atoms with Gasteiger partial charge in [0.1, 0.15) is 6.20 Å². The first-order valence-corrected chi connectivity index (χ1v) is 5.96. The molecule has 1 aromatic heterocycles. The Morgan fingerprint density at radius 3 is 3.16 bits per heavy atom. The molecule has 0 radical (unpaired) electrons. The topological polar surface area (TPSA) is 119 Å². The first-order chi connectivity index (χ1) is 9.11. The van der Waals surface area contributed by atoms with Crippen LogP contribution >= 0.6 is 0 Å². The van der Waals surface area contributed by atoms with E-state index in [9.17, 15) is 10.1 Å². The Hall–Kier alpha value is -2.00. The van der Waals surface area contributed by atoms with Gasteiger partial charge in [0, 0.05) is 19.7 Å². The van der Waals surface area contributed by atoms with Gasteiger partial charge in [-0.25, -0.2) is 10.8 Å². The quantitative estimate of drug-likeness (QED) is 0.456. The number of nitrogen functional groups attached to an aromatic ring is 1. The fourth-order valence-corrected chi connectivity index (χ4v) is 1.98. The first-order valence-electron chi connectivity index (χ1n) is 5.96. The van der Waals surface area contributed by atoms with Crippen molar-refractivity contribution in [1.82, 2.24) is 9.97 Å². The third kappa shape index (κ3) is 3.06. The van der Waals surface area contributed by atoms with Crippen LogP contribution in [-0.4, -0.2) is 40.7 Å². The maximum absolute atomic E-state index is 11.0. The number of nitro groups is 1. The fraction of sp³-hybridized carbons (Fsp3) is 0.600. The minimum Gasteiger partial charge on any atom is -0.377 e. The molecule has 1 aromatic rings. The van der Waals surface area contributed by atoms with E-state index in [1.165, 1.54) is 0 Å². The molecule has 1 aliphatic heterocycles. The minimum absolute atomic E-state index is 0.00800. The lowest BCUT2D eigenvalue weighted by Gasteiger charge is -2.22. The highest BCUT2D eigenvalue weighted by atomic mass is 16.6. The normalized spacial score (nSPS) is 19.9. The molecule has 1 saturated heterocycles. The molecule has 3 N–H and O–H groups in total. The summed E-state index contributed by atoms with van der Waals surface area (Å²) >= 11 is 0. The maximum atomic E-state index is 11.0. The first kappa shape index (κ1) is 13.4. The van der Waals surface area contributed by atoms with Gasteiger partial charge in [-0.2, -0.15) is 4.98 Å². The van der Waals surface area contributed by atoms with Gasteiger partial charge in [0.2, 0.25) is 11.8 Å². The molecule has 0 amide bonds. The van der Waals surface area contributed by atoms with Crippen LogP contribution in [0.25, 0.3) is 0 Å². The van der Waals surface area contributed by atoms with Crippen molar-refractivity contribution >= 4 is 17.5 Å². The molecule has 0 aromatic carbocycles. The highest BCUT2D eigenvalue weighted by molar-refractivity contribution is 5.58. The molecule has 0 aliphatic carbocycles. The number of nitrogens with zero attached hydrogens (tertiary/aromatic N) is 4. The molecule has 0 saturated carbocycles. The van der Waals surface area contributed by atoms with E-state index in [1.54, 1.807) is 0 Å². The Kier molecular flexibility index (Phi) is 4.07. The summed E-state index contributed by atoms with van der Waals surface area (Å²) < 4.78 is 5.52. The summed E-state index contributed by atoms with van der Waals surface area (Å²) in [5.41, 5.74) is 2.17. The predicted octanol–water partition coefficient (Wildman–Crippen LogP) is 0.286. The molecule has 2 heterocycles. The highest BCUT2D eigenvalue weighted by Crippen LogP contribution is 2.27. The van der Waals surface area contributed by atoms with Gasteiger partial charge in [0.25, 0.3) is 0 Å². The second-order valence-corrected chi connectivity index (χ2v) is 4.28. The van der Waals surface area contributed by atoms with Gasteiger partial charge in [-0.15, -0.1) is 0 Å². The Morgan fingerprint density at radius 1 is 1.68 bits per heavy atom. The summed E-state index contributed by atoms with van der Waals surface area (Å²) in [7, 11) is 0. The van der Waals surface area contributed by atoms with Crippen LogP contribution in [0, 0.1) is 10.1 Å². The van der Waals surface area contributed by atoms with Gasteiger partial charge in [-0.1, -0.05) is 0 Å². The molecule has 0 bridgehead atoms. The van der Waals surface area contributed by atoms with Gasteiger partial charge in [0.05, 0.1) is 11.0 Å². The number of ether oxygens (including phenoxy) is 1. The molecule has 9 nitrogen and oxygen atoms in total. The van der Waals surface area contributed by atoms with Crippen LogP contribution in [0.5, 0.6) is 0 Å². The van der Waals surface area contributed by atoms with Crippen LogP contribution in [0.15, 0.2) is 6.20 Å². The van der Waals surface area contributed by atoms with Gasteiger partial charge < -0.3 is 9.64 Å². The lowest BCUT2D eigenvalue weighted by molar-refractivity contribution is -0.384. The van der Waals surface area contributed by atoms with Crippen LogP contribution in [0.1, 0.15) is 13.3 Å². The second-order valence-electron chi connectivity index (χ2n) is 4.28. The van der Waals surface area contributed by atoms with E-state index >= 15 is 0 Å². The van der Waals surface area contributed by atoms with Gasteiger partial charge in [-0.3, -0.25) is 15.5 Å². The summed E-state index contributed by atoms with van der Waals surface area (Å²) in [6.45, 7) is 3.75. The van der Waals surface area contributed by atoms with Gasteiger partial charge in [0.15, 0.2) is 0 Å². The molecule has 19 heavy (non-hydrogen) atoms. The van der Waals surface area contributed by atoms with E-state index in [4.69, 9.17) is 10.6 Å². The number of hydrazine groups is 1. The van der Waals surface area contributed by atoms with E-state index < -0.39 is 4.92 Å². The number of nitrogens with one attached hydrogen (secondary N) is 1. The van der Waals surface area contributed by atoms with E-state index in [-0.39, 0.29) is 23.6 Å². The fourth-order valence-electron chi connectivity index (χ4n) is 1.98. The zero-order valence-corrected chi connectivity index (χ0v) is 10.6. The van der Waals surface area contributed by atoms with Crippen molar-refractivity contribution in [2.24, 2.45) is 5.84 Å². The number of aromatic nitrogens is 2. The lowest BCUT2D eigenvalue weighted by Crippen LogP contribution is -2.31. The van der Waals surface area contributed by atoms with Crippen molar-refractivity contribution < 1.29 is 9.66 Å². The molecule has 2 rings (SSSR count).